The van der Waals surface area contributed by atoms with Crippen LogP contribution in [0.3, 0.4) is 0 Å². The van der Waals surface area contributed by atoms with E-state index in [9.17, 15) is 4.79 Å². The van der Waals surface area contributed by atoms with Crippen LogP contribution in [0.4, 0.5) is 0 Å². The van der Waals surface area contributed by atoms with Crippen LogP contribution in [-0.4, -0.2) is 35.1 Å². The van der Waals surface area contributed by atoms with Gasteiger partial charge in [0.25, 0.3) is 0 Å². The Kier molecular flexibility index (Phi) is 3.85. The quantitative estimate of drug-likeness (QED) is 0.938. The van der Waals surface area contributed by atoms with E-state index in [1.165, 1.54) is 25.0 Å². The molecule has 0 bridgehead atoms. The van der Waals surface area contributed by atoms with Crippen LogP contribution in [-0.2, 0) is 7.05 Å². The Labute approximate surface area is 120 Å². The average molecular weight is 297 g/mol. The van der Waals surface area contributed by atoms with Gasteiger partial charge in [-0.2, -0.15) is 5.10 Å². The highest BCUT2D eigenvalue weighted by Crippen LogP contribution is 2.42. The molecule has 0 fully saturated rings. The summed E-state index contributed by atoms with van der Waals surface area (Å²) < 4.78 is 12.0. The third kappa shape index (κ3) is 2.30. The fourth-order valence-electron chi connectivity index (χ4n) is 1.96. The lowest BCUT2D eigenvalue weighted by molar-refractivity contribution is 0.0689. The Morgan fingerprint density at radius 1 is 1.30 bits per heavy atom. The van der Waals surface area contributed by atoms with E-state index in [1.54, 1.807) is 19.2 Å². The molecule has 0 aliphatic carbocycles. The number of benzene rings is 1. The number of nitrogens with zero attached hydrogens (tertiary/aromatic N) is 2. The highest BCUT2D eigenvalue weighted by atomic mass is 35.5. The molecular weight excluding hydrogens is 284 g/mol. The first-order valence-electron chi connectivity index (χ1n) is 5.67. The van der Waals surface area contributed by atoms with E-state index in [2.05, 4.69) is 5.10 Å². The molecule has 0 spiro atoms. The van der Waals surface area contributed by atoms with Gasteiger partial charge in [0.15, 0.2) is 17.2 Å². The first kappa shape index (κ1) is 14.2. The molecule has 2 rings (SSSR count). The molecule has 1 N–H and O–H groups in total. The van der Waals surface area contributed by atoms with E-state index in [1.807, 2.05) is 0 Å². The number of methoxy groups -OCH3 is 2. The minimum absolute atomic E-state index is 0.0431. The third-order valence-electron chi connectivity index (χ3n) is 2.85. The van der Waals surface area contributed by atoms with Crippen LogP contribution in [0.15, 0.2) is 18.2 Å². The molecule has 0 saturated heterocycles. The molecule has 0 saturated carbocycles. The lowest BCUT2D eigenvalue weighted by atomic mass is 10.1. The maximum atomic E-state index is 11.0. The third-order valence-corrected chi connectivity index (χ3v) is 3.14. The first-order chi connectivity index (χ1) is 9.49. The maximum Gasteiger partial charge on any atom is 0.356 e. The molecule has 106 valence electrons. The number of halogens is 1. The zero-order valence-electron chi connectivity index (χ0n) is 11.2. The van der Waals surface area contributed by atoms with Gasteiger partial charge >= 0.3 is 5.97 Å². The molecule has 2 aromatic rings. The zero-order chi connectivity index (χ0) is 14.9. The summed E-state index contributed by atoms with van der Waals surface area (Å²) in [7, 11) is 4.63. The predicted octanol–water partition coefficient (Wildman–Crippen LogP) is 2.46. The van der Waals surface area contributed by atoms with Crippen molar-refractivity contribution in [1.82, 2.24) is 9.78 Å². The largest absolute Gasteiger partial charge is 0.492 e. The average Bonchev–Trinajstić information content (AvgIpc) is 2.80. The normalized spacial score (nSPS) is 10.4. The highest BCUT2D eigenvalue weighted by Gasteiger charge is 2.20. The summed E-state index contributed by atoms with van der Waals surface area (Å²) in [5.41, 5.74) is 1.20. The van der Waals surface area contributed by atoms with Crippen molar-refractivity contribution in [3.63, 3.8) is 0 Å². The molecule has 7 heteroatoms. The van der Waals surface area contributed by atoms with Gasteiger partial charge in [-0.3, -0.25) is 4.68 Å². The fraction of sp³-hybridized carbons (Fsp3) is 0.231. The number of carboxylic acid groups (broad SMARTS) is 1. The molecule has 0 unspecified atom stereocenters. The van der Waals surface area contributed by atoms with Gasteiger partial charge in [-0.1, -0.05) is 11.6 Å². The van der Waals surface area contributed by atoms with E-state index in [0.29, 0.717) is 27.8 Å². The van der Waals surface area contributed by atoms with Gasteiger partial charge in [0.05, 0.1) is 24.9 Å². The van der Waals surface area contributed by atoms with Crippen molar-refractivity contribution in [2.24, 2.45) is 7.05 Å². The Morgan fingerprint density at radius 2 is 1.95 bits per heavy atom. The number of aromatic nitrogens is 2. The SMILES string of the molecule is COc1c(Cl)ccc(-c2cc(C(=O)O)nn2C)c1OC. The Balaban J connectivity index is 2.66. The van der Waals surface area contributed by atoms with Crippen molar-refractivity contribution in [2.45, 2.75) is 0 Å². The second-order valence-electron chi connectivity index (χ2n) is 4.01. The number of hydrogen-bond donors (Lipinski definition) is 1. The molecule has 1 aromatic carbocycles. The molecule has 0 atom stereocenters. The van der Waals surface area contributed by atoms with Crippen LogP contribution in [0.25, 0.3) is 11.3 Å². The summed E-state index contributed by atoms with van der Waals surface area (Å²) in [6.07, 6.45) is 0. The van der Waals surface area contributed by atoms with Gasteiger partial charge in [0.1, 0.15) is 0 Å². The minimum atomic E-state index is -1.09. The van der Waals surface area contributed by atoms with Crippen molar-refractivity contribution < 1.29 is 19.4 Å². The van der Waals surface area contributed by atoms with E-state index >= 15 is 0 Å². The highest BCUT2D eigenvalue weighted by molar-refractivity contribution is 6.32. The van der Waals surface area contributed by atoms with Gasteiger partial charge in [-0.25, -0.2) is 4.79 Å². The molecule has 0 radical (unpaired) electrons. The van der Waals surface area contributed by atoms with Crippen LogP contribution < -0.4 is 9.47 Å². The van der Waals surface area contributed by atoms with Crippen LogP contribution in [0.1, 0.15) is 10.5 Å². The predicted molar refractivity (Wildman–Crippen MR) is 73.7 cm³/mol. The van der Waals surface area contributed by atoms with Crippen molar-refractivity contribution in [2.75, 3.05) is 14.2 Å². The lowest BCUT2D eigenvalue weighted by Crippen LogP contribution is -2.00. The maximum absolute atomic E-state index is 11.0. The summed E-state index contributed by atoms with van der Waals surface area (Å²) in [6.45, 7) is 0. The monoisotopic (exact) mass is 296 g/mol. The topological polar surface area (TPSA) is 73.6 Å². The summed E-state index contributed by atoms with van der Waals surface area (Å²) in [5, 5.41) is 13.3. The van der Waals surface area contributed by atoms with Gasteiger partial charge in [-0.05, 0) is 18.2 Å². The number of ether oxygens (including phenoxy) is 2. The van der Waals surface area contributed by atoms with Gasteiger partial charge < -0.3 is 14.6 Å². The molecule has 1 aromatic heterocycles. The molecular formula is C13H13ClN2O4. The molecule has 20 heavy (non-hydrogen) atoms. The molecule has 6 nitrogen and oxygen atoms in total. The molecule has 1 heterocycles. The fourth-order valence-corrected chi connectivity index (χ4v) is 2.18. The van der Waals surface area contributed by atoms with Crippen molar-refractivity contribution in [3.8, 4) is 22.8 Å². The Hall–Kier alpha value is -2.21. The number of rotatable bonds is 4. The first-order valence-corrected chi connectivity index (χ1v) is 6.05. The van der Waals surface area contributed by atoms with E-state index in [0.717, 1.165) is 0 Å². The molecule has 0 aliphatic heterocycles. The molecule has 0 aliphatic rings. The van der Waals surface area contributed by atoms with E-state index in [4.69, 9.17) is 26.2 Å². The second-order valence-corrected chi connectivity index (χ2v) is 4.41. The Morgan fingerprint density at radius 3 is 2.45 bits per heavy atom. The summed E-state index contributed by atoms with van der Waals surface area (Å²) in [5.74, 6) is -0.267. The number of hydrogen-bond acceptors (Lipinski definition) is 4. The Bertz CT molecular complexity index is 667. The number of aryl methyl sites for hydroxylation is 1. The van der Waals surface area contributed by atoms with Crippen molar-refractivity contribution >= 4 is 17.6 Å². The van der Waals surface area contributed by atoms with Crippen LogP contribution in [0, 0.1) is 0 Å². The summed E-state index contributed by atoms with van der Waals surface area (Å²) in [4.78, 5) is 11.0. The zero-order valence-corrected chi connectivity index (χ0v) is 11.9. The van der Waals surface area contributed by atoms with Crippen molar-refractivity contribution in [1.29, 1.82) is 0 Å². The van der Waals surface area contributed by atoms with Crippen LogP contribution in [0.2, 0.25) is 5.02 Å². The van der Waals surface area contributed by atoms with E-state index < -0.39 is 5.97 Å². The van der Waals surface area contributed by atoms with E-state index in [-0.39, 0.29) is 5.69 Å². The number of carboxylic acids is 1. The number of aromatic carboxylic acids is 1. The van der Waals surface area contributed by atoms with Gasteiger partial charge in [-0.15, -0.1) is 0 Å². The van der Waals surface area contributed by atoms with Gasteiger partial charge in [0, 0.05) is 12.6 Å². The summed E-state index contributed by atoms with van der Waals surface area (Å²) >= 11 is 6.04. The minimum Gasteiger partial charge on any atom is -0.492 e. The molecule has 0 amide bonds. The lowest BCUT2D eigenvalue weighted by Gasteiger charge is -2.13. The smallest absolute Gasteiger partial charge is 0.356 e. The summed E-state index contributed by atoms with van der Waals surface area (Å²) in [6, 6.07) is 4.85. The van der Waals surface area contributed by atoms with Crippen LogP contribution >= 0.6 is 11.6 Å². The van der Waals surface area contributed by atoms with Crippen molar-refractivity contribution in [3.05, 3.63) is 28.9 Å². The standard InChI is InChI=1S/C13H13ClN2O4/c1-16-10(6-9(15-16)13(17)18)7-4-5-8(14)12(20-3)11(7)19-2/h4-6H,1-3H3,(H,17,18). The number of carbonyl (C=O) groups is 1. The van der Waals surface area contributed by atoms with Gasteiger partial charge in [0.2, 0.25) is 0 Å². The van der Waals surface area contributed by atoms with Crippen LogP contribution in [0.5, 0.6) is 11.5 Å². The second kappa shape index (κ2) is 5.42.